The van der Waals surface area contributed by atoms with Crippen LogP contribution in [0.3, 0.4) is 0 Å². The van der Waals surface area contributed by atoms with Crippen LogP contribution < -0.4 is 0 Å². The summed E-state index contributed by atoms with van der Waals surface area (Å²) in [6, 6.07) is 0. The molecule has 4 heteroatoms. The van der Waals surface area contributed by atoms with E-state index in [9.17, 15) is 9.59 Å². The van der Waals surface area contributed by atoms with Crippen molar-refractivity contribution in [3.05, 3.63) is 11.6 Å². The van der Waals surface area contributed by atoms with Crippen LogP contribution in [0.4, 0.5) is 0 Å². The summed E-state index contributed by atoms with van der Waals surface area (Å²) < 4.78 is 0. The van der Waals surface area contributed by atoms with E-state index in [0.29, 0.717) is 6.42 Å². The van der Waals surface area contributed by atoms with Crippen molar-refractivity contribution in [1.82, 2.24) is 0 Å². The Hall–Kier alpha value is -1.32. The zero-order chi connectivity index (χ0) is 10.1. The number of carbonyl (C=O) groups is 2. The summed E-state index contributed by atoms with van der Waals surface area (Å²) in [5.41, 5.74) is -0.741. The van der Waals surface area contributed by atoms with E-state index >= 15 is 0 Å². The highest BCUT2D eigenvalue weighted by Gasteiger charge is 2.47. The summed E-state index contributed by atoms with van der Waals surface area (Å²) in [7, 11) is 0. The molecule has 0 unspecified atom stereocenters. The predicted octanol–water partition coefficient (Wildman–Crippen LogP) is 1.27. The molecule has 0 atom stereocenters. The molecule has 0 fully saturated rings. The molecule has 0 radical (unpaired) electrons. The highest BCUT2D eigenvalue weighted by molar-refractivity contribution is 5.98. The molecule has 0 spiro atoms. The largest absolute Gasteiger partial charge is 0.480 e. The van der Waals surface area contributed by atoms with Crippen molar-refractivity contribution in [1.29, 1.82) is 0 Å². The average molecular weight is 184 g/mol. The Morgan fingerprint density at radius 1 is 1.38 bits per heavy atom. The molecule has 4 nitrogen and oxygen atoms in total. The zero-order valence-corrected chi connectivity index (χ0v) is 7.41. The van der Waals surface area contributed by atoms with Crippen LogP contribution in [0.5, 0.6) is 0 Å². The van der Waals surface area contributed by atoms with E-state index in [2.05, 4.69) is 0 Å². The zero-order valence-electron chi connectivity index (χ0n) is 7.41. The van der Waals surface area contributed by atoms with E-state index in [1.54, 1.807) is 6.92 Å². The highest BCUT2D eigenvalue weighted by Crippen LogP contribution is 2.36. The average Bonchev–Trinajstić information content (AvgIpc) is 2.03. The van der Waals surface area contributed by atoms with Gasteiger partial charge in [0.15, 0.2) is 5.41 Å². The van der Waals surface area contributed by atoms with Gasteiger partial charge in [0.05, 0.1) is 0 Å². The van der Waals surface area contributed by atoms with Gasteiger partial charge in [0.2, 0.25) is 0 Å². The number of carboxylic acids is 2. The molecule has 2 N–H and O–H groups in total. The lowest BCUT2D eigenvalue weighted by Gasteiger charge is -2.27. The predicted molar refractivity (Wildman–Crippen MR) is 45.3 cm³/mol. The third-order valence-electron chi connectivity index (χ3n) is 2.46. The van der Waals surface area contributed by atoms with Crippen LogP contribution in [0.2, 0.25) is 0 Å². The summed E-state index contributed by atoms with van der Waals surface area (Å²) in [6.07, 6.45) is 2.74. The van der Waals surface area contributed by atoms with Crippen molar-refractivity contribution in [2.75, 3.05) is 0 Å². The smallest absolute Gasteiger partial charge is 0.321 e. The third-order valence-corrected chi connectivity index (χ3v) is 2.46. The van der Waals surface area contributed by atoms with Gasteiger partial charge in [0.25, 0.3) is 0 Å². The Labute approximate surface area is 75.9 Å². The molecule has 0 aliphatic heterocycles. The molecule has 1 aliphatic rings. The van der Waals surface area contributed by atoms with E-state index in [1.165, 1.54) is 0 Å². The van der Waals surface area contributed by atoms with Crippen LogP contribution in [0.1, 0.15) is 26.2 Å². The van der Waals surface area contributed by atoms with Gasteiger partial charge < -0.3 is 10.2 Å². The molecule has 0 saturated heterocycles. The summed E-state index contributed by atoms with van der Waals surface area (Å²) in [6.45, 7) is 1.76. The molecule has 0 aromatic heterocycles. The van der Waals surface area contributed by atoms with Gasteiger partial charge in [-0.1, -0.05) is 11.6 Å². The fraction of sp³-hybridized carbons (Fsp3) is 0.556. The van der Waals surface area contributed by atoms with Gasteiger partial charge in [-0.2, -0.15) is 0 Å². The highest BCUT2D eigenvalue weighted by atomic mass is 16.4. The minimum absolute atomic E-state index is 0.123. The van der Waals surface area contributed by atoms with E-state index in [0.717, 1.165) is 5.57 Å². The molecule has 72 valence electrons. The number of rotatable bonds is 2. The van der Waals surface area contributed by atoms with Gasteiger partial charge in [-0.05, 0) is 26.2 Å². The molecule has 0 aromatic rings. The lowest BCUT2D eigenvalue weighted by Crippen LogP contribution is -2.40. The van der Waals surface area contributed by atoms with Crippen molar-refractivity contribution < 1.29 is 19.8 Å². The fourth-order valence-corrected chi connectivity index (χ4v) is 1.66. The maximum Gasteiger partial charge on any atom is 0.321 e. The van der Waals surface area contributed by atoms with Crippen LogP contribution in [-0.2, 0) is 9.59 Å². The Morgan fingerprint density at radius 3 is 2.23 bits per heavy atom. The molecular weight excluding hydrogens is 172 g/mol. The lowest BCUT2D eigenvalue weighted by molar-refractivity contribution is -0.165. The Morgan fingerprint density at radius 2 is 1.92 bits per heavy atom. The molecule has 0 heterocycles. The van der Waals surface area contributed by atoms with Gasteiger partial charge in [-0.25, -0.2) is 0 Å². The Bertz CT molecular complexity index is 263. The third kappa shape index (κ3) is 1.56. The second-order valence-electron chi connectivity index (χ2n) is 3.46. The van der Waals surface area contributed by atoms with Crippen molar-refractivity contribution in [2.45, 2.75) is 26.2 Å². The van der Waals surface area contributed by atoms with Crippen LogP contribution in [-0.4, -0.2) is 22.2 Å². The van der Waals surface area contributed by atoms with Crippen LogP contribution in [0, 0.1) is 5.41 Å². The van der Waals surface area contributed by atoms with Gasteiger partial charge in [-0.15, -0.1) is 0 Å². The van der Waals surface area contributed by atoms with E-state index in [4.69, 9.17) is 10.2 Å². The molecule has 1 aliphatic carbocycles. The van der Waals surface area contributed by atoms with Gasteiger partial charge in [-0.3, -0.25) is 9.59 Å². The van der Waals surface area contributed by atoms with Crippen molar-refractivity contribution in [3.8, 4) is 0 Å². The van der Waals surface area contributed by atoms with Crippen LogP contribution >= 0.6 is 0 Å². The fourth-order valence-electron chi connectivity index (χ4n) is 1.66. The topological polar surface area (TPSA) is 74.6 Å². The summed E-state index contributed by atoms with van der Waals surface area (Å²) in [5, 5.41) is 17.7. The molecule has 13 heavy (non-hydrogen) atoms. The first-order valence-corrected chi connectivity index (χ1v) is 4.11. The summed E-state index contributed by atoms with van der Waals surface area (Å²) in [5.74, 6) is -2.46. The van der Waals surface area contributed by atoms with E-state index in [1.807, 2.05) is 6.08 Å². The van der Waals surface area contributed by atoms with Gasteiger partial charge >= 0.3 is 11.9 Å². The Balaban J connectivity index is 3.00. The number of carboxylic acid groups (broad SMARTS) is 2. The molecule has 0 aromatic carbocycles. The lowest BCUT2D eigenvalue weighted by atomic mass is 9.74. The second-order valence-corrected chi connectivity index (χ2v) is 3.46. The normalized spacial score (nSPS) is 20.5. The van der Waals surface area contributed by atoms with E-state index in [-0.39, 0.29) is 12.8 Å². The molecule has 0 amide bonds. The molecular formula is C9H12O4. The minimum Gasteiger partial charge on any atom is -0.480 e. The number of hydrogen-bond acceptors (Lipinski definition) is 2. The van der Waals surface area contributed by atoms with Crippen LogP contribution in [0.25, 0.3) is 0 Å². The van der Waals surface area contributed by atoms with Crippen molar-refractivity contribution in [2.24, 2.45) is 5.41 Å². The standard InChI is InChI=1S/C9H12O4/c1-6-3-2-4-9(5-6,7(10)11)8(12)13/h3H,2,4-5H2,1H3,(H,10,11)(H,12,13). The van der Waals surface area contributed by atoms with Gasteiger partial charge in [0, 0.05) is 0 Å². The quantitative estimate of drug-likeness (QED) is 0.500. The van der Waals surface area contributed by atoms with Crippen LogP contribution in [0.15, 0.2) is 11.6 Å². The SMILES string of the molecule is CC1=CCCC(C(=O)O)(C(=O)O)C1. The number of aliphatic carboxylic acids is 2. The monoisotopic (exact) mass is 184 g/mol. The maximum atomic E-state index is 10.9. The second kappa shape index (κ2) is 3.20. The molecule has 1 rings (SSSR count). The molecule has 0 saturated carbocycles. The number of hydrogen-bond donors (Lipinski definition) is 2. The first-order valence-electron chi connectivity index (χ1n) is 4.11. The van der Waals surface area contributed by atoms with E-state index < -0.39 is 17.4 Å². The van der Waals surface area contributed by atoms with Gasteiger partial charge in [0.1, 0.15) is 0 Å². The number of allylic oxidation sites excluding steroid dienone is 2. The first kappa shape index (κ1) is 9.77. The minimum atomic E-state index is -1.58. The van der Waals surface area contributed by atoms with Crippen molar-refractivity contribution >= 4 is 11.9 Å². The van der Waals surface area contributed by atoms with Crippen molar-refractivity contribution in [3.63, 3.8) is 0 Å². The summed E-state index contributed by atoms with van der Waals surface area (Å²) in [4.78, 5) is 21.7. The Kier molecular flexibility index (Phi) is 2.40. The summed E-state index contributed by atoms with van der Waals surface area (Å²) >= 11 is 0. The molecule has 0 bridgehead atoms. The maximum absolute atomic E-state index is 10.9. The first-order chi connectivity index (χ1) is 5.99.